The zero-order chi connectivity index (χ0) is 23.5. The molecule has 0 saturated heterocycles. The summed E-state index contributed by atoms with van der Waals surface area (Å²) in [6.45, 7) is 0. The minimum atomic E-state index is -2.76. The van der Waals surface area contributed by atoms with Crippen molar-refractivity contribution in [3.63, 3.8) is 0 Å². The van der Waals surface area contributed by atoms with Gasteiger partial charge < -0.3 is 0 Å². The molecular weight excluding hydrogens is 532 g/mol. The average Bonchev–Trinajstić information content (AvgIpc) is 2.83. The number of anilines is 1. The van der Waals surface area contributed by atoms with E-state index < -0.39 is 23.9 Å². The SMILES string of the molecule is [CH3][Sn]([CH3])([CH3])[C](=N)c1c(NC(c2ccccc2)(c2ccccc2)c2ccccc2)ccnc1Cl. The van der Waals surface area contributed by atoms with Crippen LogP contribution in [0.1, 0.15) is 22.3 Å². The van der Waals surface area contributed by atoms with Crippen LogP contribution >= 0.6 is 11.6 Å². The van der Waals surface area contributed by atoms with Gasteiger partial charge in [0.05, 0.1) is 0 Å². The molecule has 1 heterocycles. The second-order valence-corrected chi connectivity index (χ2v) is 23.8. The van der Waals surface area contributed by atoms with E-state index in [1.54, 1.807) is 6.20 Å². The molecule has 0 radical (unpaired) electrons. The van der Waals surface area contributed by atoms with Gasteiger partial charge in [-0.3, -0.25) is 0 Å². The molecule has 2 N–H and O–H groups in total. The molecule has 3 nitrogen and oxygen atoms in total. The number of benzene rings is 3. The zero-order valence-corrected chi connectivity index (χ0v) is 22.8. The predicted octanol–water partition coefficient (Wildman–Crippen LogP) is 7.38. The molecule has 4 aromatic rings. The van der Waals surface area contributed by atoms with Crippen molar-refractivity contribution < 1.29 is 0 Å². The van der Waals surface area contributed by atoms with Gasteiger partial charge in [-0.1, -0.05) is 0 Å². The summed E-state index contributed by atoms with van der Waals surface area (Å²) >= 11 is 3.88. The summed E-state index contributed by atoms with van der Waals surface area (Å²) in [7, 11) is 0. The summed E-state index contributed by atoms with van der Waals surface area (Å²) in [6, 6.07) is 33.3. The van der Waals surface area contributed by atoms with Crippen molar-refractivity contribution in [2.24, 2.45) is 0 Å². The van der Waals surface area contributed by atoms with Crippen LogP contribution in [0.5, 0.6) is 0 Å². The van der Waals surface area contributed by atoms with E-state index in [9.17, 15) is 0 Å². The second-order valence-electron chi connectivity index (χ2n) is 9.12. The third kappa shape index (κ3) is 4.71. The van der Waals surface area contributed by atoms with Crippen molar-refractivity contribution >= 4 is 39.4 Å². The Morgan fingerprint density at radius 2 is 1.18 bits per heavy atom. The van der Waals surface area contributed by atoms with Gasteiger partial charge in [0, 0.05) is 0 Å². The number of halogens is 1. The summed E-state index contributed by atoms with van der Waals surface area (Å²) in [6.07, 6.45) is 1.71. The summed E-state index contributed by atoms with van der Waals surface area (Å²) in [4.78, 5) is 11.0. The molecule has 0 aliphatic heterocycles. The van der Waals surface area contributed by atoms with E-state index in [0.29, 0.717) is 8.88 Å². The van der Waals surface area contributed by atoms with Crippen LogP contribution in [0.4, 0.5) is 5.69 Å². The minimum absolute atomic E-state index is 0.375. The molecule has 3 aromatic carbocycles. The van der Waals surface area contributed by atoms with Gasteiger partial charge in [-0.25, -0.2) is 0 Å². The number of pyridine rings is 1. The van der Waals surface area contributed by atoms with Gasteiger partial charge in [0.1, 0.15) is 0 Å². The summed E-state index contributed by atoms with van der Waals surface area (Å²) in [5.41, 5.74) is 4.17. The Morgan fingerprint density at radius 3 is 1.58 bits per heavy atom. The maximum absolute atomic E-state index is 9.01. The molecule has 5 heteroatoms. The van der Waals surface area contributed by atoms with E-state index in [1.807, 2.05) is 24.3 Å². The van der Waals surface area contributed by atoms with Crippen LogP contribution in [0.15, 0.2) is 103 Å². The molecule has 0 aliphatic rings. The quantitative estimate of drug-likeness (QED) is 0.107. The molecule has 0 atom stereocenters. The number of nitrogens with zero attached hydrogens (tertiary/aromatic N) is 1. The van der Waals surface area contributed by atoms with Crippen molar-refractivity contribution in [3.8, 4) is 0 Å². The fourth-order valence-corrected chi connectivity index (χ4v) is 7.48. The summed E-state index contributed by atoms with van der Waals surface area (Å²) in [5.74, 6) is 0. The summed E-state index contributed by atoms with van der Waals surface area (Å²) in [5, 5.41) is 13.3. The molecule has 1 aromatic heterocycles. The molecule has 4 rings (SSSR count). The monoisotopic (exact) mass is 561 g/mol. The van der Waals surface area contributed by atoms with Crippen LogP contribution in [0.2, 0.25) is 20.0 Å². The Hall–Kier alpha value is -2.63. The molecule has 0 unspecified atom stereocenters. The Balaban J connectivity index is 2.03. The normalized spacial score (nSPS) is 11.8. The standard InChI is InChI=1S/C25H19ClN3.3CH3.Sn/c26-24-22(18-27)23(16-17-28-24)29-25(19-10-4-1-5-11-19,20-12-6-2-7-13-20)21-14-8-3-9-15-21;;;;/h1-17,27H,(H,28,29);3*1H3;. The Bertz CT molecular complexity index is 1140. The van der Waals surface area contributed by atoms with Gasteiger partial charge in [0.25, 0.3) is 0 Å². The average molecular weight is 561 g/mol. The third-order valence-electron chi connectivity index (χ3n) is 5.85. The zero-order valence-electron chi connectivity index (χ0n) is 19.1. The van der Waals surface area contributed by atoms with Crippen LogP contribution in [0, 0.1) is 5.41 Å². The number of nitrogens with one attached hydrogen (secondary N) is 2. The van der Waals surface area contributed by atoms with Crippen molar-refractivity contribution in [2.75, 3.05) is 5.32 Å². The molecule has 166 valence electrons. The van der Waals surface area contributed by atoms with E-state index in [2.05, 4.69) is 97.9 Å². The molecular formula is C28H28ClN3Sn. The van der Waals surface area contributed by atoms with Gasteiger partial charge in [-0.2, -0.15) is 0 Å². The number of hydrogen-bond donors (Lipinski definition) is 2. The molecule has 0 saturated carbocycles. The molecule has 0 fully saturated rings. The van der Waals surface area contributed by atoms with Crippen molar-refractivity contribution in [1.82, 2.24) is 4.98 Å². The van der Waals surface area contributed by atoms with Gasteiger partial charge in [0.15, 0.2) is 0 Å². The molecule has 0 spiro atoms. The maximum atomic E-state index is 9.01. The van der Waals surface area contributed by atoms with Crippen LogP contribution in [-0.4, -0.2) is 27.1 Å². The van der Waals surface area contributed by atoms with Crippen LogP contribution < -0.4 is 5.32 Å². The van der Waals surface area contributed by atoms with E-state index in [-0.39, 0.29) is 0 Å². The topological polar surface area (TPSA) is 48.8 Å². The van der Waals surface area contributed by atoms with Crippen molar-refractivity contribution in [1.29, 1.82) is 5.41 Å². The first-order valence-corrected chi connectivity index (χ1v) is 21.4. The fraction of sp³-hybridized carbons (Fsp3) is 0.143. The van der Waals surface area contributed by atoms with Gasteiger partial charge in [0.2, 0.25) is 0 Å². The van der Waals surface area contributed by atoms with Gasteiger partial charge in [-0.05, 0) is 0 Å². The number of hydrogen-bond acceptors (Lipinski definition) is 3. The molecule has 0 aliphatic carbocycles. The van der Waals surface area contributed by atoms with E-state index >= 15 is 0 Å². The van der Waals surface area contributed by atoms with Crippen LogP contribution in [0.3, 0.4) is 0 Å². The molecule has 0 amide bonds. The Labute approximate surface area is 205 Å². The second kappa shape index (κ2) is 9.70. The fourth-order valence-electron chi connectivity index (χ4n) is 4.14. The van der Waals surface area contributed by atoms with Crippen molar-refractivity contribution in [2.45, 2.75) is 20.4 Å². The van der Waals surface area contributed by atoms with Gasteiger partial charge in [-0.15, -0.1) is 0 Å². The Kier molecular flexibility index (Phi) is 6.91. The van der Waals surface area contributed by atoms with Crippen LogP contribution in [0.25, 0.3) is 0 Å². The van der Waals surface area contributed by atoms with E-state index in [0.717, 1.165) is 27.9 Å². The van der Waals surface area contributed by atoms with E-state index in [1.165, 1.54) is 0 Å². The number of aromatic nitrogens is 1. The predicted molar refractivity (Wildman–Crippen MR) is 142 cm³/mol. The molecule has 33 heavy (non-hydrogen) atoms. The van der Waals surface area contributed by atoms with E-state index in [4.69, 9.17) is 17.0 Å². The van der Waals surface area contributed by atoms with Gasteiger partial charge >= 0.3 is 206 Å². The Morgan fingerprint density at radius 1 is 0.758 bits per heavy atom. The third-order valence-corrected chi connectivity index (χ3v) is 11.1. The first kappa shape index (κ1) is 23.5. The number of rotatable bonds is 7. The van der Waals surface area contributed by atoms with Crippen molar-refractivity contribution in [3.05, 3.63) is 131 Å². The molecule has 0 bridgehead atoms. The first-order chi connectivity index (χ1) is 15.8. The first-order valence-electron chi connectivity index (χ1n) is 11.0. The summed E-state index contributed by atoms with van der Waals surface area (Å²) < 4.78 is 0.646. The van der Waals surface area contributed by atoms with Crippen LogP contribution in [-0.2, 0) is 5.54 Å².